The van der Waals surface area contributed by atoms with Crippen molar-refractivity contribution in [3.63, 3.8) is 0 Å². The first kappa shape index (κ1) is 13.8. The zero-order valence-electron chi connectivity index (χ0n) is 11.9. The molecule has 3 rings (SSSR count). The summed E-state index contributed by atoms with van der Waals surface area (Å²) in [7, 11) is 1.60. The first-order valence-electron chi connectivity index (χ1n) is 7.13. The predicted molar refractivity (Wildman–Crippen MR) is 81.3 cm³/mol. The number of carbonyl (C=O) groups excluding carboxylic acids is 1. The van der Waals surface area contributed by atoms with Crippen molar-refractivity contribution >= 4 is 22.5 Å². The van der Waals surface area contributed by atoms with E-state index >= 15 is 0 Å². The van der Waals surface area contributed by atoms with Gasteiger partial charge in [-0.25, -0.2) is 0 Å². The van der Waals surface area contributed by atoms with E-state index in [1.165, 1.54) is 0 Å². The lowest BCUT2D eigenvalue weighted by Crippen LogP contribution is -2.28. The van der Waals surface area contributed by atoms with Crippen molar-refractivity contribution in [3.8, 4) is 0 Å². The quantitative estimate of drug-likeness (QED) is 0.906. The minimum absolute atomic E-state index is 0.0657. The number of benzene rings is 1. The summed E-state index contributed by atoms with van der Waals surface area (Å²) in [5.74, 6) is 0.204. The molecule has 0 spiro atoms. The Kier molecular flexibility index (Phi) is 3.75. The van der Waals surface area contributed by atoms with Crippen LogP contribution in [-0.2, 0) is 16.1 Å². The highest BCUT2D eigenvalue weighted by atomic mass is 16.5. The minimum Gasteiger partial charge on any atom is -0.380 e. The van der Waals surface area contributed by atoms with E-state index in [0.29, 0.717) is 17.8 Å². The number of carbonyl (C=O) groups is 1. The molecule has 1 saturated carbocycles. The smallest absolute Gasteiger partial charge is 0.248 e. The molecule has 0 atom stereocenters. The molecule has 1 amide bonds. The Morgan fingerprint density at radius 2 is 2.19 bits per heavy atom. The minimum atomic E-state index is -0.169. The van der Waals surface area contributed by atoms with Gasteiger partial charge in [-0.1, -0.05) is 12.5 Å². The maximum absolute atomic E-state index is 12.0. The van der Waals surface area contributed by atoms with E-state index in [4.69, 9.17) is 4.74 Å². The third kappa shape index (κ3) is 2.83. The summed E-state index contributed by atoms with van der Waals surface area (Å²) in [4.78, 5) is 26.4. The van der Waals surface area contributed by atoms with E-state index in [1.54, 1.807) is 19.2 Å². The monoisotopic (exact) mass is 286 g/mol. The molecule has 110 valence electrons. The summed E-state index contributed by atoms with van der Waals surface area (Å²) in [6, 6.07) is 7.09. The lowest BCUT2D eigenvalue weighted by molar-refractivity contribution is -0.122. The molecule has 1 aromatic heterocycles. The topological polar surface area (TPSA) is 71.2 Å². The van der Waals surface area contributed by atoms with Gasteiger partial charge < -0.3 is 15.0 Å². The molecule has 2 aromatic rings. The van der Waals surface area contributed by atoms with Gasteiger partial charge in [0.1, 0.15) is 0 Å². The highest BCUT2D eigenvalue weighted by molar-refractivity contribution is 5.95. The number of H-pyrrole nitrogens is 1. The first-order chi connectivity index (χ1) is 10.2. The molecular weight excluding hydrogens is 268 g/mol. The van der Waals surface area contributed by atoms with Gasteiger partial charge in [0.25, 0.3) is 0 Å². The highest BCUT2D eigenvalue weighted by Crippen LogP contribution is 2.28. The molecule has 0 saturated heterocycles. The lowest BCUT2D eigenvalue weighted by atomic mass is 9.85. The van der Waals surface area contributed by atoms with Crippen molar-refractivity contribution in [1.82, 2.24) is 4.98 Å². The largest absolute Gasteiger partial charge is 0.380 e. The van der Waals surface area contributed by atoms with Crippen molar-refractivity contribution < 1.29 is 9.53 Å². The normalized spacial score (nSPS) is 14.9. The number of ether oxygens (including phenoxy) is 1. The van der Waals surface area contributed by atoms with Gasteiger partial charge in [-0.3, -0.25) is 9.59 Å². The van der Waals surface area contributed by atoms with Crippen molar-refractivity contribution in [1.29, 1.82) is 0 Å². The molecule has 0 bridgehead atoms. The fraction of sp³-hybridized carbons (Fsp3) is 0.375. The van der Waals surface area contributed by atoms with Crippen LogP contribution >= 0.6 is 0 Å². The Balaban J connectivity index is 1.92. The van der Waals surface area contributed by atoms with Crippen molar-refractivity contribution in [2.75, 3.05) is 12.4 Å². The second kappa shape index (κ2) is 5.69. The van der Waals surface area contributed by atoms with E-state index in [0.717, 1.165) is 30.2 Å². The van der Waals surface area contributed by atoms with Crippen LogP contribution in [0.1, 0.15) is 24.8 Å². The molecule has 1 fully saturated rings. The van der Waals surface area contributed by atoms with E-state index < -0.39 is 0 Å². The van der Waals surface area contributed by atoms with Crippen LogP contribution in [0.5, 0.6) is 0 Å². The molecule has 1 aliphatic rings. The average molecular weight is 286 g/mol. The number of hydrogen-bond donors (Lipinski definition) is 2. The van der Waals surface area contributed by atoms with Gasteiger partial charge in [-0.2, -0.15) is 0 Å². The van der Waals surface area contributed by atoms with Gasteiger partial charge in [0.05, 0.1) is 12.1 Å². The molecule has 5 heteroatoms. The number of anilines is 1. The molecule has 21 heavy (non-hydrogen) atoms. The summed E-state index contributed by atoms with van der Waals surface area (Å²) in [6.07, 6.45) is 3.06. The number of aromatic nitrogens is 1. The molecular formula is C16H18N2O3. The van der Waals surface area contributed by atoms with E-state index in [1.807, 2.05) is 12.1 Å². The molecule has 0 unspecified atom stereocenters. The van der Waals surface area contributed by atoms with E-state index in [9.17, 15) is 9.59 Å². The molecule has 1 aliphatic carbocycles. The van der Waals surface area contributed by atoms with Gasteiger partial charge in [0.15, 0.2) is 0 Å². The lowest BCUT2D eigenvalue weighted by Gasteiger charge is -2.24. The maximum atomic E-state index is 12.0. The van der Waals surface area contributed by atoms with Gasteiger partial charge >= 0.3 is 0 Å². The number of amides is 1. The Bertz CT molecular complexity index is 732. The Morgan fingerprint density at radius 1 is 1.38 bits per heavy atom. The van der Waals surface area contributed by atoms with Gasteiger partial charge in [0.2, 0.25) is 11.5 Å². The summed E-state index contributed by atoms with van der Waals surface area (Å²) in [6.45, 7) is 0.383. The van der Waals surface area contributed by atoms with E-state index in [-0.39, 0.29) is 17.4 Å². The zero-order valence-corrected chi connectivity index (χ0v) is 11.9. The Hall–Kier alpha value is -2.14. The molecule has 1 aromatic carbocycles. The molecule has 2 N–H and O–H groups in total. The van der Waals surface area contributed by atoms with Gasteiger partial charge in [-0.15, -0.1) is 0 Å². The first-order valence-corrected chi connectivity index (χ1v) is 7.13. The third-order valence-electron chi connectivity index (χ3n) is 3.97. The Labute approximate surface area is 122 Å². The molecule has 1 heterocycles. The van der Waals surface area contributed by atoms with Crippen molar-refractivity contribution in [2.24, 2.45) is 5.92 Å². The number of rotatable bonds is 4. The maximum Gasteiger partial charge on any atom is 0.248 e. The van der Waals surface area contributed by atoms with Gasteiger partial charge in [-0.05, 0) is 30.5 Å². The Morgan fingerprint density at radius 3 is 2.86 bits per heavy atom. The summed E-state index contributed by atoms with van der Waals surface area (Å²) in [5.41, 5.74) is 2.09. The van der Waals surface area contributed by atoms with Crippen LogP contribution in [0.15, 0.2) is 29.1 Å². The zero-order chi connectivity index (χ0) is 14.8. The number of nitrogens with one attached hydrogen (secondary N) is 2. The third-order valence-corrected chi connectivity index (χ3v) is 3.97. The van der Waals surface area contributed by atoms with Crippen LogP contribution in [0.25, 0.3) is 10.9 Å². The van der Waals surface area contributed by atoms with Crippen LogP contribution in [0.4, 0.5) is 5.69 Å². The number of aromatic amines is 1. The molecule has 0 aliphatic heterocycles. The number of fused-ring (bicyclic) bond motifs is 1. The highest BCUT2D eigenvalue weighted by Gasteiger charge is 2.25. The van der Waals surface area contributed by atoms with Gasteiger partial charge in [0, 0.05) is 30.2 Å². The predicted octanol–water partition coefficient (Wildman–Crippen LogP) is 2.41. The van der Waals surface area contributed by atoms with Crippen LogP contribution in [0.3, 0.4) is 0 Å². The average Bonchev–Trinajstić information content (AvgIpc) is 2.36. The van der Waals surface area contributed by atoms with E-state index in [2.05, 4.69) is 10.3 Å². The SMILES string of the molecule is COCc1cc(=O)[nH]c2cc(NC(=O)C3CCC3)ccc12. The molecule has 5 nitrogen and oxygen atoms in total. The van der Waals surface area contributed by atoms with Crippen LogP contribution in [0, 0.1) is 5.92 Å². The molecule has 0 radical (unpaired) electrons. The summed E-state index contributed by atoms with van der Waals surface area (Å²) < 4.78 is 5.12. The standard InChI is InChI=1S/C16H18N2O3/c1-21-9-11-7-15(19)18-14-8-12(5-6-13(11)14)17-16(20)10-3-2-4-10/h5-8,10H,2-4,9H2,1H3,(H,17,20)(H,18,19). The van der Waals surface area contributed by atoms with Crippen molar-refractivity contribution in [2.45, 2.75) is 25.9 Å². The fourth-order valence-electron chi connectivity index (χ4n) is 2.60. The number of hydrogen-bond acceptors (Lipinski definition) is 3. The number of methoxy groups -OCH3 is 1. The second-order valence-corrected chi connectivity index (χ2v) is 5.47. The number of pyridine rings is 1. The van der Waals surface area contributed by atoms with Crippen molar-refractivity contribution in [3.05, 3.63) is 40.2 Å². The summed E-state index contributed by atoms with van der Waals surface area (Å²) in [5, 5.41) is 3.84. The second-order valence-electron chi connectivity index (χ2n) is 5.47. The fourth-order valence-corrected chi connectivity index (χ4v) is 2.60. The van der Waals surface area contributed by atoms with Crippen LogP contribution < -0.4 is 10.9 Å². The van der Waals surface area contributed by atoms with Crippen LogP contribution in [0.2, 0.25) is 0 Å². The van der Waals surface area contributed by atoms with Crippen LogP contribution in [-0.4, -0.2) is 18.0 Å². The summed E-state index contributed by atoms with van der Waals surface area (Å²) >= 11 is 0.